The minimum absolute atomic E-state index is 0.107. The first-order chi connectivity index (χ1) is 17.5. The molecule has 0 saturated heterocycles. The Morgan fingerprint density at radius 3 is 2.44 bits per heavy atom. The van der Waals surface area contributed by atoms with E-state index >= 15 is 0 Å². The third kappa shape index (κ3) is 7.92. The molecule has 0 spiro atoms. The van der Waals surface area contributed by atoms with Gasteiger partial charge in [-0.05, 0) is 60.5 Å². The van der Waals surface area contributed by atoms with E-state index in [1.807, 2.05) is 36.4 Å². The van der Waals surface area contributed by atoms with Crippen molar-refractivity contribution in [1.82, 2.24) is 0 Å². The van der Waals surface area contributed by atoms with Gasteiger partial charge in [-0.1, -0.05) is 36.4 Å². The molecule has 3 aromatic carbocycles. The summed E-state index contributed by atoms with van der Waals surface area (Å²) in [5, 5.41) is 11.4. The summed E-state index contributed by atoms with van der Waals surface area (Å²) in [5.41, 5.74) is 2.26. The lowest BCUT2D eigenvalue weighted by Crippen LogP contribution is -2.29. The third-order valence-corrected chi connectivity index (χ3v) is 4.92. The Morgan fingerprint density at radius 1 is 1.00 bits per heavy atom. The second-order valence-corrected chi connectivity index (χ2v) is 7.56. The van der Waals surface area contributed by atoms with Crippen LogP contribution in [0.2, 0.25) is 0 Å². The van der Waals surface area contributed by atoms with Crippen LogP contribution < -0.4 is 19.5 Å². The van der Waals surface area contributed by atoms with Gasteiger partial charge in [0.05, 0.1) is 7.11 Å². The molecule has 184 valence electrons. The highest BCUT2D eigenvalue weighted by Crippen LogP contribution is 2.28. The average Bonchev–Trinajstić information content (AvgIpc) is 2.91. The van der Waals surface area contributed by atoms with Crippen molar-refractivity contribution in [2.45, 2.75) is 19.6 Å². The molecule has 0 radical (unpaired) electrons. The Labute approximate surface area is 209 Å². The highest BCUT2D eigenvalue weighted by molar-refractivity contribution is 5.96. The Kier molecular flexibility index (Phi) is 9.48. The molecule has 3 rings (SSSR count). The van der Waals surface area contributed by atoms with Crippen LogP contribution in [0.1, 0.15) is 18.1 Å². The third-order valence-electron chi connectivity index (χ3n) is 4.92. The fraction of sp³-hybridized carbons (Fsp3) is 0.179. The largest absolute Gasteiger partial charge is 0.493 e. The van der Waals surface area contributed by atoms with Crippen LogP contribution in [0.15, 0.2) is 78.9 Å². The van der Waals surface area contributed by atoms with Crippen LogP contribution in [0.3, 0.4) is 0 Å². The number of methoxy groups -OCH3 is 1. The molecule has 0 bridgehead atoms. The first-order valence-electron chi connectivity index (χ1n) is 11.1. The Balaban J connectivity index is 1.48. The molecule has 3 aromatic rings. The lowest BCUT2D eigenvalue weighted by atomic mass is 10.2. The van der Waals surface area contributed by atoms with E-state index in [2.05, 4.69) is 5.32 Å². The number of nitrogens with zero attached hydrogens (tertiary/aromatic N) is 1. The molecule has 36 heavy (non-hydrogen) atoms. The molecule has 1 atom stereocenters. The van der Waals surface area contributed by atoms with Crippen molar-refractivity contribution in [1.29, 1.82) is 5.26 Å². The number of rotatable bonds is 11. The number of anilines is 1. The minimum Gasteiger partial charge on any atom is -0.493 e. The smallest absolute Gasteiger partial charge is 0.331 e. The molecular weight excluding hydrogens is 460 g/mol. The number of hydrogen-bond donors (Lipinski definition) is 1. The van der Waals surface area contributed by atoms with Crippen molar-refractivity contribution in [2.24, 2.45) is 0 Å². The average molecular weight is 487 g/mol. The standard InChI is InChI=1S/C28H26N2O6/c1-20(36-27(31)15-9-21-8-14-25(34-17-16-29)26(18-21)33-2)28(32)30-23-10-12-24(13-11-23)35-19-22-6-4-3-5-7-22/h3-15,18,20H,17,19H2,1-2H3,(H,30,32)/b15-9+. The molecule has 1 N–H and O–H groups in total. The topological polar surface area (TPSA) is 107 Å². The van der Waals surface area contributed by atoms with E-state index in [0.29, 0.717) is 35.1 Å². The first kappa shape index (κ1) is 25.8. The summed E-state index contributed by atoms with van der Waals surface area (Å²) in [6.07, 6.45) is 1.73. The molecule has 0 aliphatic rings. The number of ether oxygens (including phenoxy) is 4. The lowest BCUT2D eigenvalue weighted by Gasteiger charge is -2.13. The van der Waals surface area contributed by atoms with Crippen molar-refractivity contribution in [3.05, 3.63) is 90.0 Å². The van der Waals surface area contributed by atoms with Crippen molar-refractivity contribution in [3.63, 3.8) is 0 Å². The molecule has 1 unspecified atom stereocenters. The molecule has 1 amide bonds. The van der Waals surface area contributed by atoms with Crippen molar-refractivity contribution >= 4 is 23.6 Å². The minimum atomic E-state index is -1.01. The number of benzene rings is 3. The van der Waals surface area contributed by atoms with E-state index in [0.717, 1.165) is 5.56 Å². The Morgan fingerprint density at radius 2 is 1.75 bits per heavy atom. The maximum absolute atomic E-state index is 12.4. The van der Waals surface area contributed by atoms with E-state index < -0.39 is 18.0 Å². The summed E-state index contributed by atoms with van der Waals surface area (Å²) in [5.74, 6) is 0.370. The second kappa shape index (κ2) is 13.2. The Hall–Kier alpha value is -4.77. The number of amides is 1. The van der Waals surface area contributed by atoms with Crippen molar-refractivity contribution in [2.75, 3.05) is 19.0 Å². The molecule has 0 aliphatic carbocycles. The normalized spacial score (nSPS) is 11.2. The number of nitrogens with one attached hydrogen (secondary N) is 1. The Bertz CT molecular complexity index is 1230. The number of esters is 1. The van der Waals surface area contributed by atoms with Crippen LogP contribution in [-0.4, -0.2) is 31.7 Å². The van der Waals surface area contributed by atoms with E-state index in [1.165, 1.54) is 26.2 Å². The number of carbonyl (C=O) groups excluding carboxylic acids is 2. The zero-order chi connectivity index (χ0) is 25.8. The van der Waals surface area contributed by atoms with E-state index in [-0.39, 0.29) is 6.61 Å². The van der Waals surface area contributed by atoms with E-state index in [1.54, 1.807) is 42.5 Å². The van der Waals surface area contributed by atoms with Gasteiger partial charge in [0, 0.05) is 11.8 Å². The number of nitriles is 1. The second-order valence-electron chi connectivity index (χ2n) is 7.56. The zero-order valence-electron chi connectivity index (χ0n) is 20.0. The van der Waals surface area contributed by atoms with E-state index in [9.17, 15) is 9.59 Å². The zero-order valence-corrected chi connectivity index (χ0v) is 20.0. The molecule has 0 aromatic heterocycles. The molecule has 0 aliphatic heterocycles. The lowest BCUT2D eigenvalue weighted by molar-refractivity contribution is -0.148. The summed E-state index contributed by atoms with van der Waals surface area (Å²) in [6, 6.07) is 23.6. The first-order valence-corrected chi connectivity index (χ1v) is 11.1. The van der Waals surface area contributed by atoms with Gasteiger partial charge in [-0.2, -0.15) is 5.26 Å². The predicted molar refractivity (Wildman–Crippen MR) is 135 cm³/mol. The molecule has 8 nitrogen and oxygen atoms in total. The molecule has 0 saturated carbocycles. The van der Waals surface area contributed by atoms with Gasteiger partial charge in [0.15, 0.2) is 24.2 Å². The summed E-state index contributed by atoms with van der Waals surface area (Å²) < 4.78 is 21.4. The van der Waals surface area contributed by atoms with Gasteiger partial charge in [0.2, 0.25) is 0 Å². The molecule has 8 heteroatoms. The molecule has 0 heterocycles. The monoisotopic (exact) mass is 486 g/mol. The quantitative estimate of drug-likeness (QED) is 0.308. The highest BCUT2D eigenvalue weighted by Gasteiger charge is 2.17. The summed E-state index contributed by atoms with van der Waals surface area (Å²) in [4.78, 5) is 24.6. The van der Waals surface area contributed by atoms with Crippen LogP contribution in [-0.2, 0) is 20.9 Å². The molecular formula is C28H26N2O6. The maximum Gasteiger partial charge on any atom is 0.331 e. The highest BCUT2D eigenvalue weighted by atomic mass is 16.5. The summed E-state index contributed by atoms with van der Waals surface area (Å²) >= 11 is 0. The number of hydrogen-bond acceptors (Lipinski definition) is 7. The van der Waals surface area contributed by atoms with Crippen LogP contribution in [0.5, 0.6) is 17.2 Å². The summed E-state index contributed by atoms with van der Waals surface area (Å²) in [6.45, 7) is 1.83. The number of carbonyl (C=O) groups is 2. The van der Waals surface area contributed by atoms with Gasteiger partial charge in [-0.15, -0.1) is 0 Å². The predicted octanol–water partition coefficient (Wildman–Crippen LogP) is 4.76. The summed E-state index contributed by atoms with van der Waals surface area (Å²) in [7, 11) is 1.47. The fourth-order valence-electron chi connectivity index (χ4n) is 3.07. The fourth-order valence-corrected chi connectivity index (χ4v) is 3.07. The van der Waals surface area contributed by atoms with Crippen LogP contribution in [0.4, 0.5) is 5.69 Å². The van der Waals surface area contributed by atoms with Crippen molar-refractivity contribution < 1.29 is 28.5 Å². The van der Waals surface area contributed by atoms with Crippen LogP contribution in [0.25, 0.3) is 6.08 Å². The van der Waals surface area contributed by atoms with E-state index in [4.69, 9.17) is 24.2 Å². The van der Waals surface area contributed by atoms with Gasteiger partial charge >= 0.3 is 5.97 Å². The maximum atomic E-state index is 12.4. The van der Waals surface area contributed by atoms with Crippen LogP contribution in [0, 0.1) is 11.3 Å². The van der Waals surface area contributed by atoms with Gasteiger partial charge < -0.3 is 24.3 Å². The van der Waals surface area contributed by atoms with Gasteiger partial charge in [-0.3, -0.25) is 4.79 Å². The van der Waals surface area contributed by atoms with Gasteiger partial charge in [0.1, 0.15) is 18.4 Å². The van der Waals surface area contributed by atoms with Crippen LogP contribution >= 0.6 is 0 Å². The molecule has 0 fully saturated rings. The van der Waals surface area contributed by atoms with Crippen molar-refractivity contribution in [3.8, 4) is 23.3 Å². The van der Waals surface area contributed by atoms with Gasteiger partial charge in [0.25, 0.3) is 5.91 Å². The van der Waals surface area contributed by atoms with Gasteiger partial charge in [-0.25, -0.2) is 4.79 Å². The SMILES string of the molecule is COc1cc(/C=C/C(=O)OC(C)C(=O)Nc2ccc(OCc3ccccc3)cc2)ccc1OCC#N.